The van der Waals surface area contributed by atoms with Gasteiger partial charge in [-0.1, -0.05) is 24.0 Å². The number of thioether (sulfide) groups is 1. The number of nitrogens with zero attached hydrogens (tertiary/aromatic N) is 2. The zero-order valence-corrected chi connectivity index (χ0v) is 9.49. The largest absolute Gasteiger partial charge is 0.314 e. The minimum absolute atomic E-state index is 0.151. The molecule has 0 radical (unpaired) electrons. The summed E-state index contributed by atoms with van der Waals surface area (Å²) >= 11 is 6.58. The molecule has 0 spiro atoms. The fourth-order valence-corrected chi connectivity index (χ4v) is 2.62. The van der Waals surface area contributed by atoms with Crippen LogP contribution in [0.3, 0.4) is 0 Å². The zero-order valence-electron chi connectivity index (χ0n) is 7.86. The molecule has 2 saturated heterocycles. The molecule has 2 rings (SSSR count). The molecule has 0 aromatic carbocycles. The van der Waals surface area contributed by atoms with Gasteiger partial charge in [-0.15, -0.1) is 0 Å². The Morgan fingerprint density at radius 3 is 2.71 bits per heavy atom. The van der Waals surface area contributed by atoms with Crippen LogP contribution >= 0.6 is 24.0 Å². The third-order valence-electron chi connectivity index (χ3n) is 2.39. The van der Waals surface area contributed by atoms with E-state index in [1.807, 2.05) is 0 Å². The van der Waals surface area contributed by atoms with Gasteiger partial charge in [0.15, 0.2) is 0 Å². The Bertz CT molecular complexity index is 237. The Kier molecular flexibility index (Phi) is 3.38. The number of hydrogen-bond acceptors (Lipinski definition) is 5. The minimum atomic E-state index is 0.151. The standard InChI is InChI=1S/C8H13N3OS2/c12-7-5-14-8(13)11(7)6-10-3-1-9-2-4-10/h9H,1-6H2. The topological polar surface area (TPSA) is 35.6 Å². The Morgan fingerprint density at radius 1 is 1.43 bits per heavy atom. The van der Waals surface area contributed by atoms with Gasteiger partial charge in [0.1, 0.15) is 4.32 Å². The molecule has 0 atom stereocenters. The van der Waals surface area contributed by atoms with E-state index in [2.05, 4.69) is 10.2 Å². The van der Waals surface area contributed by atoms with Gasteiger partial charge < -0.3 is 5.32 Å². The van der Waals surface area contributed by atoms with E-state index in [1.165, 1.54) is 11.8 Å². The minimum Gasteiger partial charge on any atom is -0.314 e. The fraction of sp³-hybridized carbons (Fsp3) is 0.750. The third-order valence-corrected chi connectivity index (χ3v) is 3.82. The lowest BCUT2D eigenvalue weighted by Gasteiger charge is -2.30. The van der Waals surface area contributed by atoms with Crippen molar-refractivity contribution in [2.45, 2.75) is 0 Å². The molecule has 2 heterocycles. The van der Waals surface area contributed by atoms with Crippen LogP contribution in [-0.2, 0) is 4.79 Å². The molecule has 0 unspecified atom stereocenters. The van der Waals surface area contributed by atoms with Crippen LogP contribution in [0.2, 0.25) is 0 Å². The Balaban J connectivity index is 1.89. The maximum atomic E-state index is 11.4. The zero-order chi connectivity index (χ0) is 9.97. The molecule has 0 aromatic heterocycles. The Labute approximate surface area is 93.0 Å². The molecule has 0 aromatic rings. The second-order valence-electron chi connectivity index (χ2n) is 3.39. The van der Waals surface area contributed by atoms with Crippen LogP contribution in [-0.4, -0.2) is 58.6 Å². The first-order chi connectivity index (χ1) is 6.77. The number of rotatable bonds is 2. The van der Waals surface area contributed by atoms with Crippen molar-refractivity contribution >= 4 is 34.2 Å². The third kappa shape index (κ3) is 2.25. The second-order valence-corrected chi connectivity index (χ2v) is 4.99. The van der Waals surface area contributed by atoms with E-state index < -0.39 is 0 Å². The van der Waals surface area contributed by atoms with Crippen molar-refractivity contribution in [1.82, 2.24) is 15.1 Å². The van der Waals surface area contributed by atoms with Crippen LogP contribution in [0.4, 0.5) is 0 Å². The summed E-state index contributed by atoms with van der Waals surface area (Å²) in [5.74, 6) is 0.670. The number of carbonyl (C=O) groups excluding carboxylic acids is 1. The molecule has 2 aliphatic rings. The first-order valence-corrected chi connectivity index (χ1v) is 6.07. The molecular formula is C8H13N3OS2. The summed E-state index contributed by atoms with van der Waals surface area (Å²) in [6.45, 7) is 4.67. The van der Waals surface area contributed by atoms with Gasteiger partial charge >= 0.3 is 0 Å². The van der Waals surface area contributed by atoms with Crippen molar-refractivity contribution in [3.8, 4) is 0 Å². The smallest absolute Gasteiger partial charge is 0.239 e. The summed E-state index contributed by atoms with van der Waals surface area (Å²) in [7, 11) is 0. The SMILES string of the molecule is O=C1CSC(=S)N1CN1CCNCC1. The van der Waals surface area contributed by atoms with E-state index in [9.17, 15) is 4.79 Å². The van der Waals surface area contributed by atoms with Crippen LogP contribution < -0.4 is 5.32 Å². The lowest BCUT2D eigenvalue weighted by atomic mass is 10.4. The number of thiocarbonyl (C=S) groups is 1. The van der Waals surface area contributed by atoms with Crippen LogP contribution in [0.1, 0.15) is 0 Å². The second kappa shape index (κ2) is 4.57. The molecule has 14 heavy (non-hydrogen) atoms. The summed E-state index contributed by atoms with van der Waals surface area (Å²) in [5, 5.41) is 3.28. The number of amides is 1. The molecule has 0 saturated carbocycles. The predicted octanol–water partition coefficient (Wildman–Crippen LogP) is -0.291. The summed E-state index contributed by atoms with van der Waals surface area (Å²) in [5.41, 5.74) is 0. The normalized spacial score (nSPS) is 24.7. The highest BCUT2D eigenvalue weighted by Gasteiger charge is 2.28. The van der Waals surface area contributed by atoms with Crippen LogP contribution in [0.15, 0.2) is 0 Å². The highest BCUT2D eigenvalue weighted by Crippen LogP contribution is 2.19. The highest BCUT2D eigenvalue weighted by molar-refractivity contribution is 8.23. The maximum Gasteiger partial charge on any atom is 0.239 e. The fourth-order valence-electron chi connectivity index (χ4n) is 1.57. The lowest BCUT2D eigenvalue weighted by Crippen LogP contribution is -2.49. The van der Waals surface area contributed by atoms with Gasteiger partial charge in [0.05, 0.1) is 12.4 Å². The van der Waals surface area contributed by atoms with Crippen molar-refractivity contribution < 1.29 is 4.79 Å². The average Bonchev–Trinajstić information content (AvgIpc) is 2.51. The van der Waals surface area contributed by atoms with E-state index in [0.29, 0.717) is 12.4 Å². The lowest BCUT2D eigenvalue weighted by molar-refractivity contribution is -0.125. The molecule has 2 fully saturated rings. The molecule has 0 bridgehead atoms. The average molecular weight is 231 g/mol. The van der Waals surface area contributed by atoms with E-state index >= 15 is 0 Å². The number of nitrogens with one attached hydrogen (secondary N) is 1. The number of piperazine rings is 1. The molecular weight excluding hydrogens is 218 g/mol. The monoisotopic (exact) mass is 231 g/mol. The van der Waals surface area contributed by atoms with Crippen molar-refractivity contribution in [3.05, 3.63) is 0 Å². The molecule has 4 nitrogen and oxygen atoms in total. The van der Waals surface area contributed by atoms with Gasteiger partial charge in [0.25, 0.3) is 0 Å². The van der Waals surface area contributed by atoms with Crippen molar-refractivity contribution in [2.24, 2.45) is 0 Å². The molecule has 1 amide bonds. The van der Waals surface area contributed by atoms with Crippen LogP contribution in [0.5, 0.6) is 0 Å². The van der Waals surface area contributed by atoms with Crippen molar-refractivity contribution in [2.75, 3.05) is 38.6 Å². The van der Waals surface area contributed by atoms with E-state index in [-0.39, 0.29) is 5.91 Å². The molecule has 0 aliphatic carbocycles. The van der Waals surface area contributed by atoms with Crippen molar-refractivity contribution in [3.63, 3.8) is 0 Å². The van der Waals surface area contributed by atoms with Gasteiger partial charge in [-0.3, -0.25) is 14.6 Å². The van der Waals surface area contributed by atoms with Gasteiger partial charge in [-0.05, 0) is 0 Å². The Hall–Kier alpha value is -0.170. The summed E-state index contributed by atoms with van der Waals surface area (Å²) < 4.78 is 0.730. The Morgan fingerprint density at radius 2 is 2.14 bits per heavy atom. The van der Waals surface area contributed by atoms with Gasteiger partial charge in [-0.25, -0.2) is 0 Å². The first kappa shape index (κ1) is 10.4. The van der Waals surface area contributed by atoms with Gasteiger partial charge in [-0.2, -0.15) is 0 Å². The van der Waals surface area contributed by atoms with E-state index in [1.54, 1.807) is 4.90 Å². The van der Waals surface area contributed by atoms with Gasteiger partial charge in [0, 0.05) is 26.2 Å². The summed E-state index contributed by atoms with van der Waals surface area (Å²) in [6, 6.07) is 0. The number of carbonyl (C=O) groups is 1. The van der Waals surface area contributed by atoms with Crippen LogP contribution in [0, 0.1) is 0 Å². The van der Waals surface area contributed by atoms with Gasteiger partial charge in [0.2, 0.25) is 5.91 Å². The molecule has 1 N–H and O–H groups in total. The summed E-state index contributed by atoms with van der Waals surface area (Å²) in [4.78, 5) is 15.4. The molecule has 2 aliphatic heterocycles. The van der Waals surface area contributed by atoms with Crippen LogP contribution in [0.25, 0.3) is 0 Å². The van der Waals surface area contributed by atoms with Crippen molar-refractivity contribution in [1.29, 1.82) is 0 Å². The molecule has 78 valence electrons. The molecule has 6 heteroatoms. The van der Waals surface area contributed by atoms with E-state index in [0.717, 1.165) is 30.5 Å². The predicted molar refractivity (Wildman–Crippen MR) is 61.2 cm³/mol. The summed E-state index contributed by atoms with van der Waals surface area (Å²) in [6.07, 6.45) is 0. The quantitative estimate of drug-likeness (QED) is 0.661. The highest BCUT2D eigenvalue weighted by atomic mass is 32.2. The first-order valence-electron chi connectivity index (χ1n) is 4.67. The maximum absolute atomic E-state index is 11.4. The van der Waals surface area contributed by atoms with E-state index in [4.69, 9.17) is 12.2 Å². The number of hydrogen-bond donors (Lipinski definition) is 1.